The van der Waals surface area contributed by atoms with E-state index in [0.717, 1.165) is 12.5 Å². The third-order valence-corrected chi connectivity index (χ3v) is 4.10. The van der Waals surface area contributed by atoms with E-state index < -0.39 is 0 Å². The van der Waals surface area contributed by atoms with Crippen molar-refractivity contribution in [2.45, 2.75) is 32.6 Å². The highest BCUT2D eigenvalue weighted by Gasteiger charge is 2.14. The van der Waals surface area contributed by atoms with E-state index in [-0.39, 0.29) is 0 Å². The first-order valence-corrected chi connectivity index (χ1v) is 6.55. The summed E-state index contributed by atoms with van der Waals surface area (Å²) in [5, 5.41) is 3.52. The summed E-state index contributed by atoms with van der Waals surface area (Å²) in [6.07, 6.45) is 5.65. The lowest BCUT2D eigenvalue weighted by molar-refractivity contribution is 0.580. The Labute approximate surface area is 100 Å². The summed E-state index contributed by atoms with van der Waals surface area (Å²) in [5.74, 6) is 0.894. The van der Waals surface area contributed by atoms with Gasteiger partial charge in [0.2, 0.25) is 0 Å². The largest absolute Gasteiger partial charge is 0.385 e. The van der Waals surface area contributed by atoms with E-state index in [2.05, 4.69) is 46.4 Å². The quantitative estimate of drug-likeness (QED) is 0.858. The summed E-state index contributed by atoms with van der Waals surface area (Å²) in [6, 6.07) is 6.49. The van der Waals surface area contributed by atoms with Gasteiger partial charge in [-0.2, -0.15) is 0 Å². The van der Waals surface area contributed by atoms with Crippen molar-refractivity contribution >= 4 is 21.6 Å². The van der Waals surface area contributed by atoms with Crippen LogP contribution in [0.5, 0.6) is 0 Å². The van der Waals surface area contributed by atoms with Gasteiger partial charge in [0.15, 0.2) is 0 Å². The van der Waals surface area contributed by atoms with Crippen LogP contribution in [0.2, 0.25) is 0 Å². The average molecular weight is 268 g/mol. The predicted octanol–water partition coefficient (Wildman–Crippen LogP) is 4.36. The molecule has 0 bridgehead atoms. The van der Waals surface area contributed by atoms with Crippen LogP contribution in [0.1, 0.15) is 31.2 Å². The number of anilines is 1. The van der Waals surface area contributed by atoms with Crippen LogP contribution >= 0.6 is 15.9 Å². The van der Waals surface area contributed by atoms with Crippen LogP contribution in [0.3, 0.4) is 0 Å². The van der Waals surface area contributed by atoms with Crippen LogP contribution in [0.15, 0.2) is 22.7 Å². The Morgan fingerprint density at radius 1 is 1.33 bits per heavy atom. The molecule has 0 atom stereocenters. The van der Waals surface area contributed by atoms with Crippen LogP contribution in [0, 0.1) is 12.8 Å². The Balaban J connectivity index is 1.90. The van der Waals surface area contributed by atoms with E-state index in [1.165, 1.54) is 41.4 Å². The van der Waals surface area contributed by atoms with Crippen molar-refractivity contribution in [2.24, 2.45) is 5.92 Å². The van der Waals surface area contributed by atoms with Gasteiger partial charge in [-0.15, -0.1) is 0 Å². The molecule has 2 heteroatoms. The van der Waals surface area contributed by atoms with Gasteiger partial charge >= 0.3 is 0 Å². The molecule has 1 N–H and O–H groups in total. The third-order valence-electron chi connectivity index (χ3n) is 3.24. The maximum atomic E-state index is 3.56. The lowest BCUT2D eigenvalue weighted by Crippen LogP contribution is -2.10. The molecule has 82 valence electrons. The molecule has 2 rings (SSSR count). The first-order chi connectivity index (χ1) is 7.25. The number of hydrogen-bond donors (Lipinski definition) is 1. The molecule has 1 aliphatic rings. The predicted molar refractivity (Wildman–Crippen MR) is 69.3 cm³/mol. The highest BCUT2D eigenvalue weighted by atomic mass is 79.9. The molecule has 1 saturated carbocycles. The molecule has 0 aromatic heterocycles. The molecule has 0 unspecified atom stereocenters. The van der Waals surface area contributed by atoms with Gasteiger partial charge in [0.05, 0.1) is 0 Å². The number of hydrogen-bond acceptors (Lipinski definition) is 1. The fraction of sp³-hybridized carbons (Fsp3) is 0.538. The molecule has 0 aliphatic heterocycles. The van der Waals surface area contributed by atoms with E-state index in [0.29, 0.717) is 0 Å². The second-order valence-electron chi connectivity index (χ2n) is 4.50. The monoisotopic (exact) mass is 267 g/mol. The van der Waals surface area contributed by atoms with Crippen molar-refractivity contribution in [1.29, 1.82) is 0 Å². The minimum absolute atomic E-state index is 0.894. The molecule has 1 aromatic carbocycles. The standard InChI is InChI=1S/C13H18BrN/c1-10-6-7-12(8-13(10)14)15-9-11-4-2-3-5-11/h6-8,11,15H,2-5,9H2,1H3. The first kappa shape index (κ1) is 11.0. The third kappa shape index (κ3) is 2.97. The molecule has 1 nitrogen and oxygen atoms in total. The minimum Gasteiger partial charge on any atom is -0.385 e. The first-order valence-electron chi connectivity index (χ1n) is 5.76. The van der Waals surface area contributed by atoms with Crippen molar-refractivity contribution in [2.75, 3.05) is 11.9 Å². The summed E-state index contributed by atoms with van der Waals surface area (Å²) < 4.78 is 1.19. The highest BCUT2D eigenvalue weighted by Crippen LogP contribution is 2.26. The molecule has 0 amide bonds. The van der Waals surface area contributed by atoms with Crippen LogP contribution in [0.4, 0.5) is 5.69 Å². The van der Waals surface area contributed by atoms with Gasteiger partial charge in [0.1, 0.15) is 0 Å². The summed E-state index contributed by atoms with van der Waals surface area (Å²) in [6.45, 7) is 3.25. The zero-order valence-corrected chi connectivity index (χ0v) is 10.8. The van der Waals surface area contributed by atoms with Crippen molar-refractivity contribution in [3.63, 3.8) is 0 Å². The number of nitrogens with one attached hydrogen (secondary N) is 1. The van der Waals surface area contributed by atoms with Gasteiger partial charge in [-0.1, -0.05) is 34.8 Å². The molecular weight excluding hydrogens is 250 g/mol. The van der Waals surface area contributed by atoms with Crippen molar-refractivity contribution in [3.8, 4) is 0 Å². The number of halogens is 1. The molecule has 0 spiro atoms. The van der Waals surface area contributed by atoms with Gasteiger partial charge < -0.3 is 5.32 Å². The Morgan fingerprint density at radius 3 is 2.73 bits per heavy atom. The molecular formula is C13H18BrN. The second-order valence-corrected chi connectivity index (χ2v) is 5.35. The summed E-state index contributed by atoms with van der Waals surface area (Å²) in [7, 11) is 0. The van der Waals surface area contributed by atoms with Gasteiger partial charge in [-0.3, -0.25) is 0 Å². The van der Waals surface area contributed by atoms with Gasteiger partial charge in [-0.05, 0) is 43.4 Å². The topological polar surface area (TPSA) is 12.0 Å². The van der Waals surface area contributed by atoms with E-state index in [1.54, 1.807) is 0 Å². The molecule has 0 saturated heterocycles. The Hall–Kier alpha value is -0.500. The molecule has 1 fully saturated rings. The van der Waals surface area contributed by atoms with E-state index >= 15 is 0 Å². The lowest BCUT2D eigenvalue weighted by Gasteiger charge is -2.12. The Morgan fingerprint density at radius 2 is 2.07 bits per heavy atom. The summed E-state index contributed by atoms with van der Waals surface area (Å²) >= 11 is 3.56. The molecule has 1 aliphatic carbocycles. The summed E-state index contributed by atoms with van der Waals surface area (Å²) in [5.41, 5.74) is 2.53. The Bertz CT molecular complexity index is 329. The van der Waals surface area contributed by atoms with Crippen LogP contribution in [-0.4, -0.2) is 6.54 Å². The molecule has 15 heavy (non-hydrogen) atoms. The van der Waals surface area contributed by atoms with Crippen molar-refractivity contribution in [3.05, 3.63) is 28.2 Å². The number of benzene rings is 1. The minimum atomic E-state index is 0.894. The average Bonchev–Trinajstić information content (AvgIpc) is 2.73. The number of rotatable bonds is 3. The zero-order chi connectivity index (χ0) is 10.7. The smallest absolute Gasteiger partial charge is 0.0351 e. The zero-order valence-electron chi connectivity index (χ0n) is 9.22. The van der Waals surface area contributed by atoms with Gasteiger partial charge in [-0.25, -0.2) is 0 Å². The van der Waals surface area contributed by atoms with Crippen LogP contribution in [-0.2, 0) is 0 Å². The SMILES string of the molecule is Cc1ccc(NCC2CCCC2)cc1Br. The van der Waals surface area contributed by atoms with E-state index in [9.17, 15) is 0 Å². The second kappa shape index (κ2) is 5.02. The van der Waals surface area contributed by atoms with E-state index in [4.69, 9.17) is 0 Å². The molecule has 0 radical (unpaired) electrons. The highest BCUT2D eigenvalue weighted by molar-refractivity contribution is 9.10. The van der Waals surface area contributed by atoms with Gasteiger partial charge in [0.25, 0.3) is 0 Å². The molecule has 1 aromatic rings. The maximum Gasteiger partial charge on any atom is 0.0351 e. The summed E-state index contributed by atoms with van der Waals surface area (Å²) in [4.78, 5) is 0. The van der Waals surface area contributed by atoms with Gasteiger partial charge in [0, 0.05) is 16.7 Å². The van der Waals surface area contributed by atoms with Crippen molar-refractivity contribution in [1.82, 2.24) is 0 Å². The fourth-order valence-electron chi connectivity index (χ4n) is 2.18. The normalized spacial score (nSPS) is 16.9. The van der Waals surface area contributed by atoms with E-state index in [1.807, 2.05) is 0 Å². The fourth-order valence-corrected chi connectivity index (χ4v) is 2.56. The molecule has 0 heterocycles. The van der Waals surface area contributed by atoms with Crippen molar-refractivity contribution < 1.29 is 0 Å². The van der Waals surface area contributed by atoms with Crippen LogP contribution in [0.25, 0.3) is 0 Å². The number of aryl methyl sites for hydroxylation is 1. The lowest BCUT2D eigenvalue weighted by atomic mass is 10.1. The Kier molecular flexibility index (Phi) is 3.68. The van der Waals surface area contributed by atoms with Crippen LogP contribution < -0.4 is 5.32 Å². The maximum absolute atomic E-state index is 3.56.